The molecule has 0 bridgehead atoms. The molecule has 1 atom stereocenters. The lowest BCUT2D eigenvalue weighted by atomic mass is 10.1. The van der Waals surface area contributed by atoms with Crippen LogP contribution in [0, 0.1) is 10.1 Å². The molecule has 8 nitrogen and oxygen atoms in total. The Morgan fingerprint density at radius 2 is 2.06 bits per heavy atom. The van der Waals surface area contributed by atoms with Gasteiger partial charge in [-0.25, -0.2) is 0 Å². The number of carbonyl (C=O) groups excluding carboxylic acids is 1. The standard InChI is InChI=1S/C9H11N3O5S/c1-11(2)9(13)7-4-3-6(12(14)15)5-8(7)10-18(16)17/h3-5,10H,1-2H3,(H,16,17)/p-1. The normalized spacial score (nSPS) is 11.7. The monoisotopic (exact) mass is 272 g/mol. The number of rotatable bonds is 4. The molecule has 1 aromatic rings. The first-order valence-corrected chi connectivity index (χ1v) is 5.76. The number of hydrogen-bond acceptors (Lipinski definition) is 5. The fourth-order valence-corrected chi connectivity index (χ4v) is 1.60. The fourth-order valence-electron chi connectivity index (χ4n) is 1.25. The van der Waals surface area contributed by atoms with Crippen molar-refractivity contribution in [3.63, 3.8) is 0 Å². The fraction of sp³-hybridized carbons (Fsp3) is 0.222. The lowest BCUT2D eigenvalue weighted by Crippen LogP contribution is -2.23. The third kappa shape index (κ3) is 3.25. The van der Waals surface area contributed by atoms with Crippen LogP contribution in [0.2, 0.25) is 0 Å². The molecule has 9 heteroatoms. The Morgan fingerprint density at radius 3 is 2.50 bits per heavy atom. The van der Waals surface area contributed by atoms with E-state index in [0.29, 0.717) is 0 Å². The summed E-state index contributed by atoms with van der Waals surface area (Å²) in [6, 6.07) is 3.33. The molecular formula is C9H10N3O5S-. The minimum Gasteiger partial charge on any atom is -0.755 e. The van der Waals surface area contributed by atoms with Crippen molar-refractivity contribution in [3.05, 3.63) is 33.9 Å². The molecule has 1 amide bonds. The van der Waals surface area contributed by atoms with Crippen LogP contribution in [0.4, 0.5) is 11.4 Å². The summed E-state index contributed by atoms with van der Waals surface area (Å²) in [5.41, 5.74) is -0.399. The molecule has 0 aliphatic heterocycles. The van der Waals surface area contributed by atoms with Crippen molar-refractivity contribution in [3.8, 4) is 0 Å². The second kappa shape index (κ2) is 5.56. The van der Waals surface area contributed by atoms with Crippen LogP contribution < -0.4 is 4.72 Å². The molecule has 0 saturated carbocycles. The van der Waals surface area contributed by atoms with Crippen molar-refractivity contribution in [2.45, 2.75) is 0 Å². The number of nitro benzene ring substituents is 1. The highest BCUT2D eigenvalue weighted by Crippen LogP contribution is 2.23. The largest absolute Gasteiger partial charge is 0.755 e. The average Bonchev–Trinajstić information content (AvgIpc) is 2.26. The van der Waals surface area contributed by atoms with E-state index in [1.807, 2.05) is 4.72 Å². The molecule has 1 unspecified atom stereocenters. The second-order valence-corrected chi connectivity index (χ2v) is 4.20. The summed E-state index contributed by atoms with van der Waals surface area (Å²) < 4.78 is 23.1. The first-order chi connectivity index (χ1) is 8.32. The van der Waals surface area contributed by atoms with Gasteiger partial charge in [-0.1, -0.05) is 0 Å². The molecule has 0 aromatic heterocycles. The van der Waals surface area contributed by atoms with Crippen LogP contribution in [0.1, 0.15) is 10.4 Å². The summed E-state index contributed by atoms with van der Waals surface area (Å²) in [5.74, 6) is -0.460. The number of benzene rings is 1. The van der Waals surface area contributed by atoms with E-state index >= 15 is 0 Å². The van der Waals surface area contributed by atoms with E-state index in [2.05, 4.69) is 0 Å². The Bertz CT molecular complexity index is 517. The van der Waals surface area contributed by atoms with E-state index in [0.717, 1.165) is 12.1 Å². The third-order valence-electron chi connectivity index (χ3n) is 2.04. The van der Waals surface area contributed by atoms with Crippen LogP contribution in [0.25, 0.3) is 0 Å². The first kappa shape index (κ1) is 14.1. The maximum absolute atomic E-state index is 11.7. The molecular weight excluding hydrogens is 262 g/mol. The molecule has 98 valence electrons. The Kier molecular flexibility index (Phi) is 4.34. The highest BCUT2D eigenvalue weighted by Gasteiger charge is 2.17. The van der Waals surface area contributed by atoms with E-state index in [4.69, 9.17) is 0 Å². The quantitative estimate of drug-likeness (QED) is 0.487. The van der Waals surface area contributed by atoms with Crippen LogP contribution in [0.3, 0.4) is 0 Å². The van der Waals surface area contributed by atoms with Crippen molar-refractivity contribution < 1.29 is 18.5 Å². The van der Waals surface area contributed by atoms with Gasteiger partial charge in [0.15, 0.2) is 0 Å². The van der Waals surface area contributed by atoms with Gasteiger partial charge in [-0.2, -0.15) is 0 Å². The Hall–Kier alpha value is -2.00. The molecule has 0 spiro atoms. The van der Waals surface area contributed by atoms with Gasteiger partial charge in [0.05, 0.1) is 16.2 Å². The lowest BCUT2D eigenvalue weighted by Gasteiger charge is -2.16. The van der Waals surface area contributed by atoms with Crippen molar-refractivity contribution in [2.75, 3.05) is 18.8 Å². The van der Waals surface area contributed by atoms with Gasteiger partial charge in [0, 0.05) is 37.5 Å². The maximum atomic E-state index is 11.7. The van der Waals surface area contributed by atoms with E-state index < -0.39 is 22.1 Å². The number of nitrogens with one attached hydrogen (secondary N) is 1. The van der Waals surface area contributed by atoms with Gasteiger partial charge in [-0.3, -0.25) is 19.1 Å². The third-order valence-corrected chi connectivity index (χ3v) is 2.43. The highest BCUT2D eigenvalue weighted by molar-refractivity contribution is 7.80. The number of amides is 1. The summed E-state index contributed by atoms with van der Waals surface area (Å²) in [5, 5.41) is 10.6. The highest BCUT2D eigenvalue weighted by atomic mass is 32.2. The van der Waals surface area contributed by atoms with E-state index in [-0.39, 0.29) is 16.9 Å². The molecule has 1 aromatic carbocycles. The second-order valence-electron chi connectivity index (χ2n) is 3.52. The topological polar surface area (TPSA) is 116 Å². The van der Waals surface area contributed by atoms with Gasteiger partial charge < -0.3 is 14.2 Å². The van der Waals surface area contributed by atoms with Gasteiger partial charge in [-0.05, 0) is 6.07 Å². The molecule has 0 fully saturated rings. The van der Waals surface area contributed by atoms with Gasteiger partial charge in [-0.15, -0.1) is 0 Å². The van der Waals surface area contributed by atoms with E-state index in [1.165, 1.54) is 25.1 Å². The zero-order valence-corrected chi connectivity index (χ0v) is 10.4. The molecule has 1 rings (SSSR count). The number of hydrogen-bond donors (Lipinski definition) is 1. The van der Waals surface area contributed by atoms with Crippen LogP contribution in [0.15, 0.2) is 18.2 Å². The molecule has 0 saturated heterocycles. The molecule has 18 heavy (non-hydrogen) atoms. The van der Waals surface area contributed by atoms with Crippen LogP contribution in [-0.2, 0) is 11.3 Å². The van der Waals surface area contributed by atoms with Crippen LogP contribution >= 0.6 is 0 Å². The maximum Gasteiger partial charge on any atom is 0.271 e. The average molecular weight is 272 g/mol. The predicted molar refractivity (Wildman–Crippen MR) is 63.7 cm³/mol. The summed E-state index contributed by atoms with van der Waals surface area (Å²) in [6.45, 7) is 0. The summed E-state index contributed by atoms with van der Waals surface area (Å²) in [7, 11) is 2.98. The Balaban J connectivity index is 3.28. The van der Waals surface area contributed by atoms with Gasteiger partial charge >= 0.3 is 0 Å². The molecule has 1 N–H and O–H groups in total. The summed E-state index contributed by atoms with van der Waals surface area (Å²) >= 11 is -2.67. The van der Waals surface area contributed by atoms with Gasteiger partial charge in [0.2, 0.25) is 0 Å². The SMILES string of the molecule is CN(C)C(=O)c1ccc([N+](=O)[O-])cc1NS(=O)[O-]. The molecule has 0 radical (unpaired) electrons. The number of nitro groups is 1. The minimum atomic E-state index is -2.67. The number of nitrogens with zero attached hydrogens (tertiary/aromatic N) is 2. The van der Waals surface area contributed by atoms with Gasteiger partial charge in [0.1, 0.15) is 0 Å². The summed E-state index contributed by atoms with van der Waals surface area (Å²) in [4.78, 5) is 22.9. The van der Waals surface area contributed by atoms with Crippen molar-refractivity contribution in [2.24, 2.45) is 0 Å². The Morgan fingerprint density at radius 1 is 1.44 bits per heavy atom. The zero-order chi connectivity index (χ0) is 13.9. The van der Waals surface area contributed by atoms with Crippen LogP contribution in [0.5, 0.6) is 0 Å². The lowest BCUT2D eigenvalue weighted by molar-refractivity contribution is -0.384. The first-order valence-electron chi connectivity index (χ1n) is 4.69. The number of non-ortho nitro benzene ring substituents is 1. The minimum absolute atomic E-state index is 0.0369. The Labute approximate surface area is 105 Å². The van der Waals surface area contributed by atoms with E-state index in [9.17, 15) is 23.7 Å². The molecule has 0 aliphatic rings. The molecule has 0 heterocycles. The van der Waals surface area contributed by atoms with Crippen molar-refractivity contribution >= 4 is 28.5 Å². The van der Waals surface area contributed by atoms with Crippen molar-refractivity contribution in [1.29, 1.82) is 0 Å². The predicted octanol–water partition coefficient (Wildman–Crippen LogP) is 0.503. The smallest absolute Gasteiger partial charge is 0.271 e. The zero-order valence-electron chi connectivity index (χ0n) is 9.58. The summed E-state index contributed by atoms with van der Waals surface area (Å²) in [6.07, 6.45) is 0. The van der Waals surface area contributed by atoms with Crippen LogP contribution in [-0.4, -0.2) is 38.6 Å². The van der Waals surface area contributed by atoms with Gasteiger partial charge in [0.25, 0.3) is 11.6 Å². The molecule has 0 aliphatic carbocycles. The van der Waals surface area contributed by atoms with E-state index in [1.54, 1.807) is 0 Å². The number of anilines is 1. The number of carbonyl (C=O) groups is 1. The van der Waals surface area contributed by atoms with Crippen molar-refractivity contribution in [1.82, 2.24) is 4.90 Å².